The van der Waals surface area contributed by atoms with Crippen molar-refractivity contribution in [2.45, 2.75) is 6.61 Å². The number of nitrogens with one attached hydrogen (secondary N) is 1. The van der Waals surface area contributed by atoms with E-state index in [1.807, 2.05) is 30.3 Å². The monoisotopic (exact) mass is 389 g/mol. The molecule has 0 saturated carbocycles. The summed E-state index contributed by atoms with van der Waals surface area (Å²) in [6.45, 7) is 0.311. The first-order valence-electron chi connectivity index (χ1n) is 7.75. The lowest BCUT2D eigenvalue weighted by Crippen LogP contribution is -2.14. The zero-order chi connectivity index (χ0) is 18.5. The fourth-order valence-corrected chi connectivity index (χ4v) is 2.67. The Bertz CT molecular complexity index is 932. The van der Waals surface area contributed by atoms with E-state index in [0.29, 0.717) is 23.1 Å². The third kappa shape index (κ3) is 4.54. The molecule has 0 aliphatic rings. The van der Waals surface area contributed by atoms with E-state index in [1.54, 1.807) is 12.1 Å². The van der Waals surface area contributed by atoms with Crippen molar-refractivity contribution in [3.05, 3.63) is 93.7 Å². The molecule has 0 spiro atoms. The summed E-state index contributed by atoms with van der Waals surface area (Å²) >= 11 is 11.8. The summed E-state index contributed by atoms with van der Waals surface area (Å²) in [4.78, 5) is 12.6. The second-order valence-corrected chi connectivity index (χ2v) is 6.34. The van der Waals surface area contributed by atoms with E-state index in [4.69, 9.17) is 27.9 Å². The molecule has 3 aromatic rings. The van der Waals surface area contributed by atoms with Crippen molar-refractivity contribution in [3.63, 3.8) is 0 Å². The minimum absolute atomic E-state index is 0.0746. The third-order valence-corrected chi connectivity index (χ3v) is 4.13. The van der Waals surface area contributed by atoms with Crippen LogP contribution in [0.15, 0.2) is 66.7 Å². The molecule has 0 aliphatic carbocycles. The van der Waals surface area contributed by atoms with E-state index in [9.17, 15) is 9.18 Å². The Hall–Kier alpha value is -2.56. The van der Waals surface area contributed by atoms with Gasteiger partial charge in [0.15, 0.2) is 0 Å². The Morgan fingerprint density at radius 2 is 1.77 bits per heavy atom. The van der Waals surface area contributed by atoms with Crippen molar-refractivity contribution in [2.75, 3.05) is 5.32 Å². The maximum Gasteiger partial charge on any atom is 0.259 e. The van der Waals surface area contributed by atoms with Gasteiger partial charge in [0.1, 0.15) is 18.2 Å². The predicted octanol–water partition coefficient (Wildman–Crippen LogP) is 5.96. The van der Waals surface area contributed by atoms with Gasteiger partial charge in [0.2, 0.25) is 0 Å². The molecule has 0 fully saturated rings. The van der Waals surface area contributed by atoms with E-state index in [-0.39, 0.29) is 10.6 Å². The van der Waals surface area contributed by atoms with E-state index in [2.05, 4.69) is 5.32 Å². The molecule has 1 amide bonds. The summed E-state index contributed by atoms with van der Waals surface area (Å²) in [5, 5.41) is 2.99. The molecule has 0 heterocycles. The van der Waals surface area contributed by atoms with Gasteiger partial charge in [0, 0.05) is 10.7 Å². The highest BCUT2D eigenvalue weighted by Crippen LogP contribution is 2.26. The maximum absolute atomic E-state index is 13.3. The van der Waals surface area contributed by atoms with Crippen LogP contribution in [-0.2, 0) is 6.61 Å². The fraction of sp³-hybridized carbons (Fsp3) is 0.0500. The predicted molar refractivity (Wildman–Crippen MR) is 102 cm³/mol. The molecule has 0 unspecified atom stereocenters. The Kier molecular flexibility index (Phi) is 5.76. The number of hydrogen-bond donors (Lipinski definition) is 1. The number of rotatable bonds is 5. The van der Waals surface area contributed by atoms with Crippen LogP contribution in [-0.4, -0.2) is 5.91 Å². The molecule has 0 aliphatic heterocycles. The summed E-state index contributed by atoms with van der Waals surface area (Å²) in [6, 6.07) is 18.3. The van der Waals surface area contributed by atoms with Gasteiger partial charge >= 0.3 is 0 Å². The van der Waals surface area contributed by atoms with Crippen molar-refractivity contribution in [1.82, 2.24) is 0 Å². The van der Waals surface area contributed by atoms with Gasteiger partial charge in [-0.1, -0.05) is 53.5 Å². The zero-order valence-corrected chi connectivity index (χ0v) is 15.0. The normalized spacial score (nSPS) is 10.4. The molecular formula is C20H14Cl2FNO2. The average molecular weight is 390 g/mol. The average Bonchev–Trinajstić information content (AvgIpc) is 2.64. The first-order valence-corrected chi connectivity index (χ1v) is 8.51. The summed E-state index contributed by atoms with van der Waals surface area (Å²) in [5.74, 6) is -0.596. The topological polar surface area (TPSA) is 38.3 Å². The van der Waals surface area contributed by atoms with Crippen LogP contribution in [0, 0.1) is 5.82 Å². The molecule has 0 bridgehead atoms. The second kappa shape index (κ2) is 8.21. The second-order valence-electron chi connectivity index (χ2n) is 5.50. The van der Waals surface area contributed by atoms with Gasteiger partial charge in [0.05, 0.1) is 10.6 Å². The third-order valence-electron chi connectivity index (χ3n) is 3.60. The summed E-state index contributed by atoms with van der Waals surface area (Å²) < 4.78 is 19.0. The lowest BCUT2D eigenvalue weighted by molar-refractivity contribution is 0.102. The highest BCUT2D eigenvalue weighted by atomic mass is 35.5. The number of carbonyl (C=O) groups excluding carboxylic acids is 1. The molecule has 3 rings (SSSR count). The number of amides is 1. The van der Waals surface area contributed by atoms with Crippen LogP contribution in [0.1, 0.15) is 15.9 Å². The standard InChI is InChI=1S/C20H14Cl2FNO2/c21-14-6-9-19(26-12-13-4-2-1-3-5-13)16(10-14)20(25)24-15-7-8-18(23)17(22)11-15/h1-11H,12H2,(H,24,25). The number of hydrogen-bond acceptors (Lipinski definition) is 2. The number of ether oxygens (including phenoxy) is 1. The van der Waals surface area contributed by atoms with Crippen LogP contribution in [0.3, 0.4) is 0 Å². The van der Waals surface area contributed by atoms with Crippen LogP contribution in [0.5, 0.6) is 5.75 Å². The molecule has 0 aromatic heterocycles. The SMILES string of the molecule is O=C(Nc1ccc(F)c(Cl)c1)c1cc(Cl)ccc1OCc1ccccc1. The highest BCUT2D eigenvalue weighted by molar-refractivity contribution is 6.31. The molecule has 3 aromatic carbocycles. The van der Waals surface area contributed by atoms with Gasteiger partial charge in [-0.05, 0) is 42.0 Å². The molecule has 1 N–H and O–H groups in total. The van der Waals surface area contributed by atoms with Crippen LogP contribution in [0.4, 0.5) is 10.1 Å². The molecule has 0 radical (unpaired) electrons. The summed E-state index contributed by atoms with van der Waals surface area (Å²) in [5.41, 5.74) is 1.61. The lowest BCUT2D eigenvalue weighted by atomic mass is 10.1. The van der Waals surface area contributed by atoms with Gasteiger partial charge < -0.3 is 10.1 Å². The quantitative estimate of drug-likeness (QED) is 0.584. The number of carbonyl (C=O) groups is 1. The van der Waals surface area contributed by atoms with E-state index < -0.39 is 11.7 Å². The zero-order valence-electron chi connectivity index (χ0n) is 13.5. The minimum atomic E-state index is -0.556. The minimum Gasteiger partial charge on any atom is -0.488 e. The van der Waals surface area contributed by atoms with E-state index in [1.165, 1.54) is 24.3 Å². The Labute approximate surface area is 160 Å². The van der Waals surface area contributed by atoms with E-state index in [0.717, 1.165) is 5.56 Å². The number of halogens is 3. The Balaban J connectivity index is 1.80. The molecule has 26 heavy (non-hydrogen) atoms. The van der Waals surface area contributed by atoms with Crippen molar-refractivity contribution in [2.24, 2.45) is 0 Å². The van der Waals surface area contributed by atoms with Gasteiger partial charge in [-0.3, -0.25) is 4.79 Å². The Morgan fingerprint density at radius 1 is 1.00 bits per heavy atom. The molecule has 6 heteroatoms. The summed E-state index contributed by atoms with van der Waals surface area (Å²) in [6.07, 6.45) is 0. The van der Waals surface area contributed by atoms with Gasteiger partial charge in [-0.2, -0.15) is 0 Å². The summed E-state index contributed by atoms with van der Waals surface area (Å²) in [7, 11) is 0. The molecule has 3 nitrogen and oxygen atoms in total. The maximum atomic E-state index is 13.3. The first kappa shape index (κ1) is 18.2. The molecule has 0 saturated heterocycles. The fourth-order valence-electron chi connectivity index (χ4n) is 2.31. The van der Waals surface area contributed by atoms with Crippen LogP contribution < -0.4 is 10.1 Å². The number of anilines is 1. The Morgan fingerprint density at radius 3 is 2.50 bits per heavy atom. The van der Waals surface area contributed by atoms with Gasteiger partial charge in [-0.25, -0.2) is 4.39 Å². The molecule has 132 valence electrons. The highest BCUT2D eigenvalue weighted by Gasteiger charge is 2.15. The molecular weight excluding hydrogens is 376 g/mol. The van der Waals surface area contributed by atoms with Gasteiger partial charge in [0.25, 0.3) is 5.91 Å². The van der Waals surface area contributed by atoms with Crippen LogP contribution in [0.2, 0.25) is 10.0 Å². The van der Waals surface area contributed by atoms with Crippen molar-refractivity contribution in [1.29, 1.82) is 0 Å². The molecule has 0 atom stereocenters. The number of benzene rings is 3. The van der Waals surface area contributed by atoms with Gasteiger partial charge in [-0.15, -0.1) is 0 Å². The largest absolute Gasteiger partial charge is 0.488 e. The smallest absolute Gasteiger partial charge is 0.259 e. The van der Waals surface area contributed by atoms with Crippen molar-refractivity contribution < 1.29 is 13.9 Å². The van der Waals surface area contributed by atoms with Crippen molar-refractivity contribution in [3.8, 4) is 5.75 Å². The lowest BCUT2D eigenvalue weighted by Gasteiger charge is -2.13. The van der Waals surface area contributed by atoms with Crippen LogP contribution >= 0.6 is 23.2 Å². The first-order chi connectivity index (χ1) is 12.5. The van der Waals surface area contributed by atoms with Crippen LogP contribution in [0.25, 0.3) is 0 Å². The van der Waals surface area contributed by atoms with Crippen molar-refractivity contribution >= 4 is 34.8 Å². The van der Waals surface area contributed by atoms with E-state index >= 15 is 0 Å².